The molecule has 0 bridgehead atoms. The predicted molar refractivity (Wildman–Crippen MR) is 146 cm³/mol. The molecule has 202 valence electrons. The van der Waals surface area contributed by atoms with Crippen LogP contribution in [0.4, 0.5) is 14.5 Å². The van der Waals surface area contributed by atoms with Crippen molar-refractivity contribution in [1.82, 2.24) is 30.1 Å². The van der Waals surface area contributed by atoms with Crippen molar-refractivity contribution in [3.63, 3.8) is 0 Å². The zero-order valence-electron chi connectivity index (χ0n) is 21.0. The lowest BCUT2D eigenvalue weighted by Crippen LogP contribution is -2.32. The average molecular weight is 606 g/mol. The van der Waals surface area contributed by atoms with E-state index in [1.807, 2.05) is 36.4 Å². The van der Waals surface area contributed by atoms with Gasteiger partial charge in [-0.15, -0.1) is 15.3 Å². The van der Waals surface area contributed by atoms with Crippen LogP contribution >= 0.6 is 15.9 Å². The van der Waals surface area contributed by atoms with Crippen molar-refractivity contribution in [2.24, 2.45) is 0 Å². The molecule has 2 N–H and O–H groups in total. The quantitative estimate of drug-likeness (QED) is 0.233. The first kappa shape index (κ1) is 25.8. The van der Waals surface area contributed by atoms with Gasteiger partial charge in [-0.1, -0.05) is 29.5 Å². The summed E-state index contributed by atoms with van der Waals surface area (Å²) in [5, 5.41) is 16.4. The molecule has 1 saturated carbocycles. The molecular weight excluding hydrogens is 584 g/mol. The van der Waals surface area contributed by atoms with Gasteiger partial charge in [-0.25, -0.2) is 13.5 Å². The summed E-state index contributed by atoms with van der Waals surface area (Å²) in [6.07, 6.45) is 3.43. The molecule has 9 nitrogen and oxygen atoms in total. The summed E-state index contributed by atoms with van der Waals surface area (Å²) < 4.78 is 35.9. The molecule has 0 unspecified atom stereocenters. The highest BCUT2D eigenvalue weighted by Gasteiger charge is 2.34. The number of aromatic nitrogens is 5. The molecule has 0 aliphatic heterocycles. The number of anilines is 1. The number of halogens is 3. The third-order valence-corrected chi connectivity index (χ3v) is 7.28. The van der Waals surface area contributed by atoms with Gasteiger partial charge in [-0.2, -0.15) is 0 Å². The van der Waals surface area contributed by atoms with Gasteiger partial charge in [0.15, 0.2) is 0 Å². The molecule has 0 atom stereocenters. The number of rotatable bonds is 8. The first-order valence-corrected chi connectivity index (χ1v) is 13.3. The van der Waals surface area contributed by atoms with Gasteiger partial charge >= 0.3 is 0 Å². The first-order chi connectivity index (χ1) is 19.4. The van der Waals surface area contributed by atoms with E-state index in [1.165, 1.54) is 0 Å². The van der Waals surface area contributed by atoms with E-state index >= 15 is 0 Å². The van der Waals surface area contributed by atoms with E-state index in [0.29, 0.717) is 29.6 Å². The van der Waals surface area contributed by atoms with Crippen LogP contribution in [0, 0.1) is 11.6 Å². The lowest BCUT2D eigenvalue weighted by atomic mass is 10.1. The second-order valence-electron chi connectivity index (χ2n) is 9.50. The summed E-state index contributed by atoms with van der Waals surface area (Å²) in [7, 11) is 0. The molecule has 0 saturated heterocycles. The summed E-state index contributed by atoms with van der Waals surface area (Å²) in [4.78, 5) is 15.2. The number of carbonyl (C=O) groups excluding carboxylic acids is 1. The van der Waals surface area contributed by atoms with Gasteiger partial charge in [-0.3, -0.25) is 4.79 Å². The number of benzene rings is 3. The Labute approximate surface area is 235 Å². The summed E-state index contributed by atoms with van der Waals surface area (Å²) in [6.45, 7) is 0.574. The molecule has 1 amide bonds. The van der Waals surface area contributed by atoms with Gasteiger partial charge in [0.1, 0.15) is 23.0 Å². The molecule has 1 aliphatic carbocycles. The zero-order valence-corrected chi connectivity index (χ0v) is 22.6. The SMILES string of the molecule is Nc1c(F)cc(-c2cn(Cc3ccc(C(=O)N(Cc4nnc(-c5ccccc5Br)o4)C4CC4)cc3)nn2)cc1F. The summed E-state index contributed by atoms with van der Waals surface area (Å²) in [6, 6.07) is 17.1. The monoisotopic (exact) mass is 605 g/mol. The van der Waals surface area contributed by atoms with E-state index in [-0.39, 0.29) is 24.1 Å². The van der Waals surface area contributed by atoms with Crippen LogP contribution in [0.15, 0.2) is 75.8 Å². The van der Waals surface area contributed by atoms with Gasteiger partial charge in [0.2, 0.25) is 11.8 Å². The van der Waals surface area contributed by atoms with Crippen LogP contribution in [0.5, 0.6) is 0 Å². The fraction of sp³-hybridized carbons (Fsp3) is 0.179. The molecule has 1 fully saturated rings. The van der Waals surface area contributed by atoms with Crippen LogP contribution in [0.1, 0.15) is 34.7 Å². The summed E-state index contributed by atoms with van der Waals surface area (Å²) >= 11 is 3.49. The Morgan fingerprint density at radius 3 is 2.48 bits per heavy atom. The molecule has 40 heavy (non-hydrogen) atoms. The molecule has 2 aromatic heterocycles. The Balaban J connectivity index is 1.14. The topological polar surface area (TPSA) is 116 Å². The van der Waals surface area contributed by atoms with Crippen molar-refractivity contribution >= 4 is 27.5 Å². The summed E-state index contributed by atoms with van der Waals surface area (Å²) in [5.74, 6) is -1.07. The van der Waals surface area contributed by atoms with Crippen molar-refractivity contribution < 1.29 is 18.0 Å². The maximum Gasteiger partial charge on any atom is 0.254 e. The number of nitrogens with two attached hydrogens (primary N) is 1. The van der Waals surface area contributed by atoms with Crippen molar-refractivity contribution in [1.29, 1.82) is 0 Å². The van der Waals surface area contributed by atoms with Crippen LogP contribution in [0.2, 0.25) is 0 Å². The van der Waals surface area contributed by atoms with E-state index in [0.717, 1.165) is 40.6 Å². The molecule has 6 rings (SSSR count). The third-order valence-electron chi connectivity index (χ3n) is 6.58. The number of hydrogen-bond donors (Lipinski definition) is 1. The fourth-order valence-electron chi connectivity index (χ4n) is 4.31. The molecule has 12 heteroatoms. The van der Waals surface area contributed by atoms with Crippen molar-refractivity contribution in [3.8, 4) is 22.7 Å². The standard InChI is InChI=1S/C28H22BrF2N7O2/c29-21-4-2-1-3-20(21)27-35-34-25(40-27)15-38(19-9-10-19)28(39)17-7-5-16(6-8-17)13-37-14-24(33-36-37)18-11-22(30)26(32)23(31)12-18/h1-8,11-12,14,19H,9-10,13,15,32H2. The molecular formula is C28H22BrF2N7O2. The van der Waals surface area contributed by atoms with Crippen LogP contribution in [0.25, 0.3) is 22.7 Å². The Kier molecular flexibility index (Phi) is 6.84. The Morgan fingerprint density at radius 2 is 1.77 bits per heavy atom. The Bertz CT molecular complexity index is 1680. The fourth-order valence-corrected chi connectivity index (χ4v) is 4.76. The van der Waals surface area contributed by atoms with E-state index < -0.39 is 17.3 Å². The molecule has 5 aromatic rings. The van der Waals surface area contributed by atoms with Gasteiger partial charge < -0.3 is 15.1 Å². The second kappa shape index (κ2) is 10.6. The predicted octanol–water partition coefficient (Wildman–Crippen LogP) is 5.47. The van der Waals surface area contributed by atoms with Crippen LogP contribution < -0.4 is 5.73 Å². The van der Waals surface area contributed by atoms with Crippen molar-refractivity contribution in [2.45, 2.75) is 32.0 Å². The average Bonchev–Trinajstić information content (AvgIpc) is 3.50. The summed E-state index contributed by atoms with van der Waals surface area (Å²) in [5.41, 5.74) is 7.55. The van der Waals surface area contributed by atoms with E-state index in [2.05, 4.69) is 36.4 Å². The zero-order chi connectivity index (χ0) is 27.8. The number of amides is 1. The van der Waals surface area contributed by atoms with E-state index in [1.54, 1.807) is 27.9 Å². The molecule has 0 spiro atoms. The molecule has 3 aromatic carbocycles. The maximum atomic E-state index is 13.8. The highest BCUT2D eigenvalue weighted by Crippen LogP contribution is 2.31. The van der Waals surface area contributed by atoms with Crippen LogP contribution in [-0.2, 0) is 13.1 Å². The van der Waals surface area contributed by atoms with Gasteiger partial charge in [-0.05, 0) is 70.7 Å². The highest BCUT2D eigenvalue weighted by atomic mass is 79.9. The third kappa shape index (κ3) is 5.34. The Morgan fingerprint density at radius 1 is 1.05 bits per heavy atom. The lowest BCUT2D eigenvalue weighted by molar-refractivity contribution is 0.0714. The minimum absolute atomic E-state index is 0.120. The minimum atomic E-state index is -0.853. The van der Waals surface area contributed by atoms with Crippen molar-refractivity contribution in [2.75, 3.05) is 5.73 Å². The van der Waals surface area contributed by atoms with Gasteiger partial charge in [0.05, 0.1) is 24.8 Å². The molecule has 1 aliphatic rings. The highest BCUT2D eigenvalue weighted by molar-refractivity contribution is 9.10. The normalized spacial score (nSPS) is 13.0. The molecule has 2 heterocycles. The van der Waals surface area contributed by atoms with Gasteiger partial charge in [0.25, 0.3) is 5.91 Å². The number of carbonyl (C=O) groups is 1. The Hall–Kier alpha value is -4.45. The molecule has 0 radical (unpaired) electrons. The van der Waals surface area contributed by atoms with Crippen molar-refractivity contribution in [3.05, 3.63) is 100.0 Å². The maximum absolute atomic E-state index is 13.8. The van der Waals surface area contributed by atoms with E-state index in [9.17, 15) is 13.6 Å². The van der Waals surface area contributed by atoms with Gasteiger partial charge in [0, 0.05) is 21.6 Å². The minimum Gasteiger partial charge on any atom is -0.419 e. The second-order valence-corrected chi connectivity index (χ2v) is 10.4. The largest absolute Gasteiger partial charge is 0.419 e. The number of hydrogen-bond acceptors (Lipinski definition) is 7. The van der Waals surface area contributed by atoms with Crippen LogP contribution in [0.3, 0.4) is 0 Å². The first-order valence-electron chi connectivity index (χ1n) is 12.5. The number of nitrogen functional groups attached to an aromatic ring is 1. The lowest BCUT2D eigenvalue weighted by Gasteiger charge is -2.20. The smallest absolute Gasteiger partial charge is 0.254 e. The van der Waals surface area contributed by atoms with Crippen LogP contribution in [-0.4, -0.2) is 42.0 Å². The number of nitrogens with zero attached hydrogens (tertiary/aromatic N) is 6. The van der Waals surface area contributed by atoms with E-state index in [4.69, 9.17) is 10.2 Å².